The minimum atomic E-state index is 0.881. The van der Waals surface area contributed by atoms with E-state index in [9.17, 15) is 0 Å². The minimum absolute atomic E-state index is 0.881. The molecule has 88 valence electrons. The molecule has 0 aliphatic rings. The Balaban J connectivity index is 2.31. The highest BCUT2D eigenvalue weighted by Gasteiger charge is 2.10. The molecule has 0 amide bonds. The van der Waals surface area contributed by atoms with E-state index in [0.717, 1.165) is 27.8 Å². The van der Waals surface area contributed by atoms with Gasteiger partial charge in [0.1, 0.15) is 5.75 Å². The largest absolute Gasteiger partial charge is 0.495 e. The van der Waals surface area contributed by atoms with E-state index in [2.05, 4.69) is 17.1 Å². The summed E-state index contributed by atoms with van der Waals surface area (Å²) < 4.78 is 5.57. The lowest BCUT2D eigenvalue weighted by Crippen LogP contribution is -1.91. The molecule has 2 aromatic carbocycles. The molecule has 0 aliphatic heterocycles. The van der Waals surface area contributed by atoms with Crippen LogP contribution in [0.15, 0.2) is 60.8 Å². The number of rotatable bonds is 2. The van der Waals surface area contributed by atoms with Crippen LogP contribution in [0.2, 0.25) is 0 Å². The summed E-state index contributed by atoms with van der Waals surface area (Å²) in [4.78, 5) is 4.49. The quantitative estimate of drug-likeness (QED) is 0.671. The van der Waals surface area contributed by atoms with E-state index in [1.54, 1.807) is 7.11 Å². The van der Waals surface area contributed by atoms with E-state index < -0.39 is 0 Å². The third-order valence-corrected chi connectivity index (χ3v) is 3.01. The summed E-state index contributed by atoms with van der Waals surface area (Å²) in [5.74, 6) is 0.881. The zero-order valence-corrected chi connectivity index (χ0v) is 10.1. The zero-order chi connectivity index (χ0) is 12.4. The van der Waals surface area contributed by atoms with E-state index in [4.69, 9.17) is 4.74 Å². The Morgan fingerprint density at radius 3 is 2.39 bits per heavy atom. The first-order valence-corrected chi connectivity index (χ1v) is 5.87. The maximum Gasteiger partial charge on any atom is 0.137 e. The van der Waals surface area contributed by atoms with E-state index in [-0.39, 0.29) is 0 Å². The number of methoxy groups -OCH3 is 1. The first-order chi connectivity index (χ1) is 8.90. The second kappa shape index (κ2) is 4.49. The van der Waals surface area contributed by atoms with Crippen LogP contribution in [-0.2, 0) is 0 Å². The molecule has 0 fully saturated rings. The van der Waals surface area contributed by atoms with Gasteiger partial charge in [0.25, 0.3) is 0 Å². The van der Waals surface area contributed by atoms with Crippen LogP contribution in [0.1, 0.15) is 0 Å². The van der Waals surface area contributed by atoms with Crippen molar-refractivity contribution in [1.29, 1.82) is 0 Å². The first-order valence-electron chi connectivity index (χ1n) is 5.87. The zero-order valence-electron chi connectivity index (χ0n) is 10.1. The Morgan fingerprint density at radius 1 is 0.889 bits per heavy atom. The van der Waals surface area contributed by atoms with Crippen molar-refractivity contribution < 1.29 is 4.74 Å². The van der Waals surface area contributed by atoms with Crippen LogP contribution in [0, 0.1) is 0 Å². The summed E-state index contributed by atoms with van der Waals surface area (Å²) in [6, 6.07) is 18.2. The molecule has 2 heteroatoms. The molecule has 0 N–H and O–H groups in total. The fourth-order valence-corrected chi connectivity index (χ4v) is 2.16. The van der Waals surface area contributed by atoms with Gasteiger partial charge in [-0.15, -0.1) is 0 Å². The van der Waals surface area contributed by atoms with E-state index >= 15 is 0 Å². The van der Waals surface area contributed by atoms with Gasteiger partial charge in [-0.25, -0.2) is 0 Å². The van der Waals surface area contributed by atoms with Crippen molar-refractivity contribution in [3.63, 3.8) is 0 Å². The summed E-state index contributed by atoms with van der Waals surface area (Å²) in [6.45, 7) is 0. The van der Waals surface area contributed by atoms with Crippen molar-refractivity contribution in [3.8, 4) is 16.9 Å². The molecule has 1 aromatic heterocycles. The molecule has 0 bridgehead atoms. The van der Waals surface area contributed by atoms with Gasteiger partial charge >= 0.3 is 0 Å². The molecule has 3 aromatic rings. The van der Waals surface area contributed by atoms with Gasteiger partial charge in [-0.1, -0.05) is 42.5 Å². The number of fused-ring (bicyclic) bond motifs is 1. The number of pyridine rings is 1. The molecular weight excluding hydrogens is 222 g/mol. The lowest BCUT2D eigenvalue weighted by Gasteiger charge is -2.11. The van der Waals surface area contributed by atoms with Crippen LogP contribution in [0.4, 0.5) is 0 Å². The molecule has 0 saturated heterocycles. The van der Waals surface area contributed by atoms with Crippen LogP contribution in [0.25, 0.3) is 22.0 Å². The number of nitrogens with zero attached hydrogens (tertiary/aromatic N) is 1. The Bertz CT molecular complexity index is 677. The topological polar surface area (TPSA) is 22.1 Å². The monoisotopic (exact) mass is 235 g/mol. The predicted octanol–water partition coefficient (Wildman–Crippen LogP) is 3.91. The van der Waals surface area contributed by atoms with Crippen molar-refractivity contribution >= 4 is 10.9 Å². The molecule has 0 atom stereocenters. The van der Waals surface area contributed by atoms with E-state index in [0.29, 0.717) is 0 Å². The van der Waals surface area contributed by atoms with Crippen LogP contribution in [0.3, 0.4) is 0 Å². The normalized spacial score (nSPS) is 10.5. The van der Waals surface area contributed by atoms with Crippen molar-refractivity contribution in [2.24, 2.45) is 0 Å². The maximum absolute atomic E-state index is 5.57. The summed E-state index contributed by atoms with van der Waals surface area (Å²) >= 11 is 0. The minimum Gasteiger partial charge on any atom is -0.495 e. The van der Waals surface area contributed by atoms with Crippen molar-refractivity contribution in [3.05, 3.63) is 60.8 Å². The molecule has 0 aliphatic carbocycles. The molecule has 0 radical (unpaired) electrons. The van der Waals surface area contributed by atoms with E-state index in [1.165, 1.54) is 0 Å². The standard InChI is InChI=1S/C16H13NO/c1-18-16-13-9-5-6-10-15(13)17-11-14(16)12-7-3-2-4-8-12/h2-11H,1H3. The molecule has 2 nitrogen and oxygen atoms in total. The number of para-hydroxylation sites is 1. The van der Waals surface area contributed by atoms with Crippen LogP contribution in [-0.4, -0.2) is 12.1 Å². The maximum atomic E-state index is 5.57. The van der Waals surface area contributed by atoms with Crippen LogP contribution in [0.5, 0.6) is 5.75 Å². The number of benzene rings is 2. The summed E-state index contributed by atoms with van der Waals surface area (Å²) in [7, 11) is 1.70. The van der Waals surface area contributed by atoms with Crippen LogP contribution >= 0.6 is 0 Å². The smallest absolute Gasteiger partial charge is 0.137 e. The van der Waals surface area contributed by atoms with Gasteiger partial charge in [0.15, 0.2) is 0 Å². The van der Waals surface area contributed by atoms with Crippen molar-refractivity contribution in [2.75, 3.05) is 7.11 Å². The molecule has 1 heterocycles. The average Bonchev–Trinajstić information content (AvgIpc) is 2.47. The molecule has 18 heavy (non-hydrogen) atoms. The van der Waals surface area contributed by atoms with Gasteiger partial charge in [-0.3, -0.25) is 4.98 Å². The van der Waals surface area contributed by atoms with Gasteiger partial charge in [0.05, 0.1) is 12.6 Å². The number of hydrogen-bond acceptors (Lipinski definition) is 2. The Morgan fingerprint density at radius 2 is 1.61 bits per heavy atom. The number of hydrogen-bond donors (Lipinski definition) is 0. The Hall–Kier alpha value is -2.35. The predicted molar refractivity (Wildman–Crippen MR) is 73.7 cm³/mol. The SMILES string of the molecule is COc1c(-c2ccccc2)cnc2ccccc12. The van der Waals surface area contributed by atoms with Crippen LogP contribution < -0.4 is 4.74 Å². The lowest BCUT2D eigenvalue weighted by molar-refractivity contribution is 0.421. The third-order valence-electron chi connectivity index (χ3n) is 3.01. The Labute approximate surface area is 106 Å². The van der Waals surface area contributed by atoms with Gasteiger partial charge < -0.3 is 4.74 Å². The summed E-state index contributed by atoms with van der Waals surface area (Å²) in [5, 5.41) is 1.04. The first kappa shape index (κ1) is 10.8. The molecular formula is C16H13NO. The second-order valence-corrected chi connectivity index (χ2v) is 4.09. The Kier molecular flexibility index (Phi) is 2.69. The molecule has 0 unspecified atom stereocenters. The summed E-state index contributed by atoms with van der Waals surface area (Å²) in [5.41, 5.74) is 3.10. The lowest BCUT2D eigenvalue weighted by atomic mass is 10.0. The van der Waals surface area contributed by atoms with Gasteiger partial charge in [0, 0.05) is 17.1 Å². The van der Waals surface area contributed by atoms with E-state index in [1.807, 2.05) is 48.7 Å². The van der Waals surface area contributed by atoms with Gasteiger partial charge in [-0.05, 0) is 17.7 Å². The second-order valence-electron chi connectivity index (χ2n) is 4.09. The highest BCUT2D eigenvalue weighted by Crippen LogP contribution is 2.34. The highest BCUT2D eigenvalue weighted by molar-refractivity contribution is 5.92. The highest BCUT2D eigenvalue weighted by atomic mass is 16.5. The molecule has 0 spiro atoms. The number of aromatic nitrogens is 1. The average molecular weight is 235 g/mol. The van der Waals surface area contributed by atoms with Crippen molar-refractivity contribution in [1.82, 2.24) is 4.98 Å². The van der Waals surface area contributed by atoms with Gasteiger partial charge in [-0.2, -0.15) is 0 Å². The molecule has 0 saturated carbocycles. The number of ether oxygens (including phenoxy) is 1. The van der Waals surface area contributed by atoms with Gasteiger partial charge in [0.2, 0.25) is 0 Å². The fraction of sp³-hybridized carbons (Fsp3) is 0.0625. The third kappa shape index (κ3) is 1.72. The fourth-order valence-electron chi connectivity index (χ4n) is 2.16. The summed E-state index contributed by atoms with van der Waals surface area (Å²) in [6.07, 6.45) is 1.87. The van der Waals surface area contributed by atoms with Crippen molar-refractivity contribution in [2.45, 2.75) is 0 Å². The molecule has 3 rings (SSSR count).